The highest BCUT2D eigenvalue weighted by atomic mass is 14.8. The topological polar surface area (TPSA) is 8.72 Å². The molecular formula is C10H16N2. The van der Waals surface area contributed by atoms with E-state index in [0.29, 0.717) is 5.92 Å². The Labute approximate surface area is 75.2 Å². The molecule has 2 atom stereocenters. The zero-order valence-corrected chi connectivity index (χ0v) is 8.26. The van der Waals surface area contributed by atoms with Gasteiger partial charge >= 0.3 is 0 Å². The number of nitrogens with zero attached hydrogens (tertiary/aromatic N) is 2. The van der Waals surface area contributed by atoms with Crippen molar-refractivity contribution in [3.63, 3.8) is 0 Å². The first-order valence-electron chi connectivity index (χ1n) is 4.18. The first-order valence-corrected chi connectivity index (χ1v) is 4.18. The highest BCUT2D eigenvalue weighted by molar-refractivity contribution is 4.94. The predicted octanol–water partition coefficient (Wildman–Crippen LogP) is 3.02. The average Bonchev–Trinajstić information content (AvgIpc) is 2.02. The third-order valence-electron chi connectivity index (χ3n) is 2.15. The van der Waals surface area contributed by atoms with Crippen LogP contribution in [0.3, 0.4) is 0 Å². The van der Waals surface area contributed by atoms with Crippen molar-refractivity contribution in [2.75, 3.05) is 0 Å². The van der Waals surface area contributed by atoms with Crippen LogP contribution in [0.5, 0.6) is 0 Å². The SMILES string of the molecule is [C-]#[N+]C(C)C(C)CC(C)(C)[N+]#[C-]. The van der Waals surface area contributed by atoms with Gasteiger partial charge in [0.15, 0.2) is 0 Å². The Hall–Kier alpha value is -1.02. The van der Waals surface area contributed by atoms with Gasteiger partial charge in [0, 0.05) is 33.1 Å². The molecule has 0 heterocycles. The molecule has 2 unspecified atom stereocenters. The Morgan fingerprint density at radius 3 is 2.08 bits per heavy atom. The fraction of sp³-hybridized carbons (Fsp3) is 0.800. The Balaban J connectivity index is 4.13. The molecule has 0 radical (unpaired) electrons. The standard InChI is InChI=1S/C10H16N2/c1-8(9(2)11-5)7-10(3,4)12-6/h8-9H,7H2,1-4H3. The summed E-state index contributed by atoms with van der Waals surface area (Å²) in [5, 5.41) is 0. The van der Waals surface area contributed by atoms with Crippen LogP contribution in [0.1, 0.15) is 34.1 Å². The monoisotopic (exact) mass is 164 g/mol. The molecule has 0 aromatic heterocycles. The molecule has 0 rings (SSSR count). The summed E-state index contributed by atoms with van der Waals surface area (Å²) in [6.07, 6.45) is 0.806. The van der Waals surface area contributed by atoms with Crippen LogP contribution >= 0.6 is 0 Å². The summed E-state index contributed by atoms with van der Waals surface area (Å²) in [5.74, 6) is 0.312. The van der Waals surface area contributed by atoms with E-state index in [4.69, 9.17) is 13.1 Å². The van der Waals surface area contributed by atoms with Gasteiger partial charge < -0.3 is 9.69 Å². The lowest BCUT2D eigenvalue weighted by molar-refractivity contribution is 0.403. The van der Waals surface area contributed by atoms with Crippen LogP contribution in [-0.4, -0.2) is 11.6 Å². The van der Waals surface area contributed by atoms with Crippen LogP contribution in [0, 0.1) is 19.1 Å². The van der Waals surface area contributed by atoms with E-state index < -0.39 is 0 Å². The second kappa shape index (κ2) is 4.12. The molecule has 0 aliphatic heterocycles. The maximum absolute atomic E-state index is 6.94. The molecular weight excluding hydrogens is 148 g/mol. The molecule has 0 amide bonds. The maximum Gasteiger partial charge on any atom is 0.227 e. The largest absolute Gasteiger partial charge is 0.314 e. The van der Waals surface area contributed by atoms with E-state index in [2.05, 4.69) is 9.69 Å². The molecule has 0 N–H and O–H groups in total. The molecule has 0 saturated carbocycles. The minimum absolute atomic E-state index is 0.0334. The number of rotatable bonds is 3. The molecule has 66 valence electrons. The highest BCUT2D eigenvalue weighted by Gasteiger charge is 2.30. The number of hydrogen-bond donors (Lipinski definition) is 0. The van der Waals surface area contributed by atoms with Crippen molar-refractivity contribution in [3.05, 3.63) is 22.8 Å². The Morgan fingerprint density at radius 2 is 1.75 bits per heavy atom. The van der Waals surface area contributed by atoms with E-state index in [1.165, 1.54) is 0 Å². The summed E-state index contributed by atoms with van der Waals surface area (Å²) in [5.41, 5.74) is -0.307. The molecule has 0 aromatic carbocycles. The number of hydrogen-bond acceptors (Lipinski definition) is 0. The lowest BCUT2D eigenvalue weighted by atomic mass is 9.89. The first-order chi connectivity index (χ1) is 5.43. The van der Waals surface area contributed by atoms with Crippen molar-refractivity contribution in [2.24, 2.45) is 5.92 Å². The Kier molecular flexibility index (Phi) is 3.77. The molecule has 0 aliphatic rings. The summed E-state index contributed by atoms with van der Waals surface area (Å²) in [4.78, 5) is 6.98. The van der Waals surface area contributed by atoms with E-state index in [1.807, 2.05) is 27.7 Å². The summed E-state index contributed by atoms with van der Waals surface area (Å²) < 4.78 is 0. The highest BCUT2D eigenvalue weighted by Crippen LogP contribution is 2.23. The quantitative estimate of drug-likeness (QED) is 0.567. The predicted molar refractivity (Wildman–Crippen MR) is 50.5 cm³/mol. The van der Waals surface area contributed by atoms with Crippen LogP contribution < -0.4 is 0 Å². The van der Waals surface area contributed by atoms with Crippen molar-refractivity contribution >= 4 is 0 Å². The Morgan fingerprint density at radius 1 is 1.25 bits per heavy atom. The third-order valence-corrected chi connectivity index (χ3v) is 2.15. The summed E-state index contributed by atoms with van der Waals surface area (Å²) in [7, 11) is 0. The molecule has 0 fully saturated rings. The van der Waals surface area contributed by atoms with Gasteiger partial charge in [-0.05, 0) is 0 Å². The molecule has 2 nitrogen and oxygen atoms in total. The van der Waals surface area contributed by atoms with Crippen molar-refractivity contribution in [2.45, 2.75) is 45.7 Å². The minimum Gasteiger partial charge on any atom is -0.314 e. The molecule has 2 heteroatoms. The lowest BCUT2D eigenvalue weighted by Gasteiger charge is -2.16. The maximum atomic E-state index is 6.94. The van der Waals surface area contributed by atoms with Gasteiger partial charge in [0.1, 0.15) is 0 Å². The van der Waals surface area contributed by atoms with Crippen LogP contribution in [0.4, 0.5) is 0 Å². The zero-order chi connectivity index (χ0) is 9.78. The molecule has 0 aliphatic carbocycles. The van der Waals surface area contributed by atoms with E-state index in [-0.39, 0.29) is 11.6 Å². The van der Waals surface area contributed by atoms with Crippen molar-refractivity contribution in [1.82, 2.24) is 0 Å². The van der Waals surface area contributed by atoms with Crippen LogP contribution in [-0.2, 0) is 0 Å². The van der Waals surface area contributed by atoms with E-state index in [9.17, 15) is 0 Å². The normalized spacial score (nSPS) is 15.8. The lowest BCUT2D eigenvalue weighted by Crippen LogP contribution is -2.22. The van der Waals surface area contributed by atoms with E-state index in [0.717, 1.165) is 6.42 Å². The van der Waals surface area contributed by atoms with E-state index in [1.54, 1.807) is 0 Å². The van der Waals surface area contributed by atoms with Gasteiger partial charge in [-0.1, -0.05) is 6.92 Å². The zero-order valence-electron chi connectivity index (χ0n) is 8.26. The van der Waals surface area contributed by atoms with Gasteiger partial charge in [-0.2, -0.15) is 0 Å². The molecule has 12 heavy (non-hydrogen) atoms. The third kappa shape index (κ3) is 3.39. The van der Waals surface area contributed by atoms with Gasteiger partial charge in [-0.15, -0.1) is 0 Å². The summed E-state index contributed by atoms with van der Waals surface area (Å²) in [6.45, 7) is 21.6. The fourth-order valence-electron chi connectivity index (χ4n) is 1.13. The Bertz CT molecular complexity index is 217. The fourth-order valence-corrected chi connectivity index (χ4v) is 1.13. The molecule has 0 spiro atoms. The van der Waals surface area contributed by atoms with Crippen LogP contribution in [0.15, 0.2) is 0 Å². The summed E-state index contributed by atoms with van der Waals surface area (Å²) in [6, 6.07) is 0.0334. The minimum atomic E-state index is -0.307. The van der Waals surface area contributed by atoms with Crippen molar-refractivity contribution in [3.8, 4) is 0 Å². The van der Waals surface area contributed by atoms with Gasteiger partial charge in [-0.25, -0.2) is 13.1 Å². The van der Waals surface area contributed by atoms with Gasteiger partial charge in [0.25, 0.3) is 0 Å². The van der Waals surface area contributed by atoms with Gasteiger partial charge in [-0.3, -0.25) is 0 Å². The van der Waals surface area contributed by atoms with Gasteiger partial charge in [0.05, 0.1) is 0 Å². The van der Waals surface area contributed by atoms with Crippen molar-refractivity contribution in [1.29, 1.82) is 0 Å². The first kappa shape index (κ1) is 11.0. The second-order valence-corrected chi connectivity index (χ2v) is 3.98. The average molecular weight is 164 g/mol. The molecule has 0 aromatic rings. The van der Waals surface area contributed by atoms with Crippen LogP contribution in [0.25, 0.3) is 9.69 Å². The van der Waals surface area contributed by atoms with Gasteiger partial charge in [0.2, 0.25) is 11.6 Å². The second-order valence-electron chi connectivity index (χ2n) is 3.98. The van der Waals surface area contributed by atoms with E-state index >= 15 is 0 Å². The molecule has 0 saturated heterocycles. The molecule has 0 bridgehead atoms. The summed E-state index contributed by atoms with van der Waals surface area (Å²) >= 11 is 0. The van der Waals surface area contributed by atoms with Crippen molar-refractivity contribution < 1.29 is 0 Å². The van der Waals surface area contributed by atoms with Crippen LogP contribution in [0.2, 0.25) is 0 Å². The smallest absolute Gasteiger partial charge is 0.227 e.